The van der Waals surface area contributed by atoms with Crippen LogP contribution in [0, 0.1) is 0 Å². The van der Waals surface area contributed by atoms with Crippen LogP contribution in [0.5, 0.6) is 0 Å². The van der Waals surface area contributed by atoms with Crippen LogP contribution in [0.15, 0.2) is 24.8 Å². The summed E-state index contributed by atoms with van der Waals surface area (Å²) < 4.78 is 36.9. The van der Waals surface area contributed by atoms with Crippen LogP contribution in [0.2, 0.25) is 5.02 Å². The van der Waals surface area contributed by atoms with Crippen LogP contribution in [-0.2, 0) is 4.79 Å². The van der Waals surface area contributed by atoms with E-state index in [-0.39, 0.29) is 16.1 Å². The molecular weight excluding hydrogens is 399 g/mol. The van der Waals surface area contributed by atoms with Crippen molar-refractivity contribution in [1.82, 2.24) is 30.2 Å². The van der Waals surface area contributed by atoms with Crippen molar-refractivity contribution in [2.75, 3.05) is 11.9 Å². The lowest BCUT2D eigenvalue weighted by molar-refractivity contribution is -0.140. The van der Waals surface area contributed by atoms with Crippen molar-refractivity contribution in [3.05, 3.63) is 29.8 Å². The van der Waals surface area contributed by atoms with Crippen LogP contribution in [0.1, 0.15) is 18.1 Å². The van der Waals surface area contributed by atoms with E-state index in [4.69, 9.17) is 11.6 Å². The summed E-state index contributed by atoms with van der Waals surface area (Å²) in [5.74, 6) is -0.546. The van der Waals surface area contributed by atoms with Crippen molar-refractivity contribution in [2.24, 2.45) is 0 Å². The third-order valence-electron chi connectivity index (χ3n) is 3.75. The van der Waals surface area contributed by atoms with Gasteiger partial charge >= 0.3 is 6.18 Å². The Kier molecular flexibility index (Phi) is 5.11. The molecule has 0 aliphatic heterocycles. The summed E-state index contributed by atoms with van der Waals surface area (Å²) in [4.78, 5) is 31.5. The number of pyridine rings is 1. The Morgan fingerprint density at radius 3 is 2.75 bits per heavy atom. The number of nitrogens with one attached hydrogen (secondary N) is 3. The van der Waals surface area contributed by atoms with E-state index in [1.807, 2.05) is 5.32 Å². The Labute approximate surface area is 166 Å². The van der Waals surface area contributed by atoms with Gasteiger partial charge in [0, 0.05) is 27.6 Å². The molecule has 0 aliphatic rings. The number of alkyl halides is 3. The molecule has 0 unspecified atom stereocenters. The predicted molar refractivity (Wildman–Crippen MR) is 103 cm³/mol. The number of carbonyl (C=O) groups is 1. The first-order chi connectivity index (χ1) is 13.0. The second-order valence-corrected chi connectivity index (χ2v) is 6.87. The highest BCUT2D eigenvalue weighted by Gasteiger charge is 2.33. The summed E-state index contributed by atoms with van der Waals surface area (Å²) in [5.41, 5.74) is -0.203. The molecule has 8 nitrogen and oxygen atoms in total. The Hall–Kier alpha value is -2.95. The summed E-state index contributed by atoms with van der Waals surface area (Å²) in [7, 11) is 0. The number of H-pyrrole nitrogens is 1. The van der Waals surface area contributed by atoms with Crippen LogP contribution in [0.25, 0.3) is 22.4 Å². The zero-order valence-electron chi connectivity index (χ0n) is 14.7. The van der Waals surface area contributed by atoms with Crippen LogP contribution in [0.3, 0.4) is 0 Å². The Bertz CT molecular complexity index is 1030. The Morgan fingerprint density at radius 1 is 1.29 bits per heavy atom. The van der Waals surface area contributed by atoms with E-state index in [1.165, 1.54) is 26.4 Å². The molecule has 28 heavy (non-hydrogen) atoms. The number of amides is 1. The summed E-state index contributed by atoms with van der Waals surface area (Å²) in [6.07, 6.45) is -0.136. The van der Waals surface area contributed by atoms with Crippen molar-refractivity contribution in [2.45, 2.75) is 25.6 Å². The lowest BCUT2D eigenvalue weighted by atomic mass is 10.1. The monoisotopic (exact) mass is 419 g/mol. The number of rotatable bonds is 5. The van der Waals surface area contributed by atoms with Crippen molar-refractivity contribution in [3.63, 3.8) is 0 Å². The van der Waals surface area contributed by atoms with E-state index < -0.39 is 24.2 Å². The van der Waals surface area contributed by atoms with Crippen LogP contribution >= 0.6 is 11.6 Å². The molecule has 0 spiro atoms. The maximum atomic E-state index is 12.3. The highest BCUT2D eigenvalue weighted by Crippen LogP contribution is 2.27. The van der Waals surface area contributed by atoms with Gasteiger partial charge in [-0.2, -0.15) is 18.2 Å². The van der Waals surface area contributed by atoms with Crippen molar-refractivity contribution >= 4 is 34.5 Å². The second-order valence-electron chi connectivity index (χ2n) is 6.43. The lowest BCUT2D eigenvalue weighted by Crippen LogP contribution is -2.50. The molecule has 3 aromatic heterocycles. The number of hydrogen-bond donors (Lipinski definition) is 3. The molecule has 12 heteroatoms. The van der Waals surface area contributed by atoms with Crippen molar-refractivity contribution in [1.29, 1.82) is 0 Å². The fourth-order valence-electron chi connectivity index (χ4n) is 2.39. The number of nitrogens with zero attached hydrogens (tertiary/aromatic N) is 4. The quantitative estimate of drug-likeness (QED) is 0.582. The molecule has 3 rings (SSSR count). The van der Waals surface area contributed by atoms with Crippen LogP contribution < -0.4 is 10.6 Å². The Morgan fingerprint density at radius 2 is 2.04 bits per heavy atom. The fourth-order valence-corrected chi connectivity index (χ4v) is 2.54. The SMILES string of the molecule is CC(C)(Nc1ncnc(-c2c[nH]c3ncc(Cl)cc23)n1)C(=O)NCC(F)(F)F.[HH].[HH].[HH]. The molecule has 0 saturated carbocycles. The molecule has 3 N–H and O–H groups in total. The largest absolute Gasteiger partial charge is 0.405 e. The molecular formula is C16H21ClF3N7O. The number of aromatic amines is 1. The maximum Gasteiger partial charge on any atom is 0.405 e. The third kappa shape index (κ3) is 4.47. The Balaban J connectivity index is 0.00000300. The first-order valence-corrected chi connectivity index (χ1v) is 8.38. The van der Waals surface area contributed by atoms with E-state index in [0.717, 1.165) is 0 Å². The number of carbonyl (C=O) groups excluding carboxylic acids is 1. The number of halogens is 4. The number of fused-ring (bicyclic) bond motifs is 1. The molecule has 0 aromatic carbocycles. The first kappa shape index (κ1) is 19.8. The molecule has 3 heterocycles. The van der Waals surface area contributed by atoms with Crippen molar-refractivity contribution in [3.8, 4) is 11.4 Å². The van der Waals surface area contributed by atoms with Crippen LogP contribution in [-0.4, -0.2) is 49.1 Å². The van der Waals surface area contributed by atoms with Crippen LogP contribution in [0.4, 0.5) is 19.1 Å². The molecule has 1 amide bonds. The lowest BCUT2D eigenvalue weighted by Gasteiger charge is -2.25. The average molecular weight is 420 g/mol. The molecule has 0 atom stereocenters. The van der Waals surface area contributed by atoms with Gasteiger partial charge in [0.25, 0.3) is 0 Å². The molecule has 0 bridgehead atoms. The number of anilines is 1. The van der Waals surface area contributed by atoms with Gasteiger partial charge in [0.2, 0.25) is 11.9 Å². The van der Waals surface area contributed by atoms with Gasteiger partial charge in [-0.25, -0.2) is 15.0 Å². The minimum Gasteiger partial charge on any atom is -0.345 e. The van der Waals surface area contributed by atoms with E-state index in [0.29, 0.717) is 21.6 Å². The first-order valence-electron chi connectivity index (χ1n) is 8.00. The molecule has 0 saturated heterocycles. The molecule has 154 valence electrons. The topological polar surface area (TPSA) is 108 Å². The molecule has 0 fully saturated rings. The van der Waals surface area contributed by atoms with Gasteiger partial charge in [-0.05, 0) is 19.9 Å². The summed E-state index contributed by atoms with van der Waals surface area (Å²) in [6, 6.07) is 1.70. The minimum absolute atomic E-state index is 0. The van der Waals surface area contributed by atoms with Gasteiger partial charge in [-0.3, -0.25) is 4.79 Å². The minimum atomic E-state index is -4.50. The fraction of sp³-hybridized carbons (Fsp3) is 0.312. The molecule has 0 radical (unpaired) electrons. The van der Waals surface area contributed by atoms with Gasteiger partial charge in [-0.1, -0.05) is 11.6 Å². The zero-order valence-corrected chi connectivity index (χ0v) is 15.5. The van der Waals surface area contributed by atoms with Gasteiger partial charge < -0.3 is 15.6 Å². The standard InChI is InChI=1S/C16H15ClF3N7O.3H2/c1-15(2,13(28)23-6-16(18,19)20)27-14-25-7-24-12(26-14)10-5-22-11-9(10)3-8(17)4-21-11;;;/h3-5,7H,6H2,1-2H3,(H,21,22)(H,23,28)(H,24,25,26,27);3*1H. The predicted octanol–water partition coefficient (Wildman–Crippen LogP) is 3.68. The second kappa shape index (κ2) is 7.23. The van der Waals surface area contributed by atoms with Crippen molar-refractivity contribution < 1.29 is 22.2 Å². The van der Waals surface area contributed by atoms with Gasteiger partial charge in [0.05, 0.1) is 5.02 Å². The van der Waals surface area contributed by atoms with Gasteiger partial charge in [-0.15, -0.1) is 0 Å². The van der Waals surface area contributed by atoms with E-state index in [9.17, 15) is 18.0 Å². The molecule has 0 aliphatic carbocycles. The third-order valence-corrected chi connectivity index (χ3v) is 3.96. The highest BCUT2D eigenvalue weighted by atomic mass is 35.5. The van der Waals surface area contributed by atoms with E-state index in [1.54, 1.807) is 12.3 Å². The normalized spacial score (nSPS) is 12.2. The summed E-state index contributed by atoms with van der Waals surface area (Å²) in [6.45, 7) is 1.40. The van der Waals surface area contributed by atoms with Gasteiger partial charge in [0.15, 0.2) is 5.82 Å². The maximum absolute atomic E-state index is 12.3. The highest BCUT2D eigenvalue weighted by molar-refractivity contribution is 6.31. The van der Waals surface area contributed by atoms with E-state index >= 15 is 0 Å². The number of aromatic nitrogens is 5. The smallest absolute Gasteiger partial charge is 0.345 e. The van der Waals surface area contributed by atoms with E-state index in [2.05, 4.69) is 30.2 Å². The number of hydrogen-bond acceptors (Lipinski definition) is 6. The summed E-state index contributed by atoms with van der Waals surface area (Å²) >= 11 is 5.98. The summed E-state index contributed by atoms with van der Waals surface area (Å²) in [5, 5.41) is 5.67. The average Bonchev–Trinajstić information content (AvgIpc) is 3.01. The zero-order chi connectivity index (χ0) is 20.5. The molecule has 3 aromatic rings. The van der Waals surface area contributed by atoms with Gasteiger partial charge in [0.1, 0.15) is 24.1 Å².